The van der Waals surface area contributed by atoms with Crippen LogP contribution in [-0.2, 0) is 18.9 Å². The van der Waals surface area contributed by atoms with E-state index in [0.717, 1.165) is 32.1 Å². The van der Waals surface area contributed by atoms with Gasteiger partial charge in [0.2, 0.25) is 0 Å². The number of aliphatic hydroxyl groups is 1. The highest BCUT2D eigenvalue weighted by Gasteiger charge is 2.55. The van der Waals surface area contributed by atoms with E-state index >= 15 is 0 Å². The molecule has 126 valence electrons. The van der Waals surface area contributed by atoms with E-state index in [1.807, 2.05) is 0 Å². The molecule has 4 saturated carbocycles. The van der Waals surface area contributed by atoms with Gasteiger partial charge in [-0.15, -0.1) is 0 Å². The molecule has 6 nitrogen and oxygen atoms in total. The van der Waals surface area contributed by atoms with E-state index in [-0.39, 0.29) is 11.5 Å². The Morgan fingerprint density at radius 1 is 1.32 bits per heavy atom. The first-order valence-corrected chi connectivity index (χ1v) is 8.59. The minimum absolute atomic E-state index is 0.0298. The van der Waals surface area contributed by atoms with Crippen molar-refractivity contribution >= 4 is 18.0 Å². The maximum atomic E-state index is 12.2. The molecule has 0 amide bonds. The van der Waals surface area contributed by atoms with Gasteiger partial charge < -0.3 is 15.1 Å². The zero-order valence-corrected chi connectivity index (χ0v) is 13.8. The molecule has 22 heavy (non-hydrogen) atoms. The van der Waals surface area contributed by atoms with Gasteiger partial charge in [0.25, 0.3) is 0 Å². The highest BCUT2D eigenvalue weighted by molar-refractivity contribution is 7.96. The number of esters is 1. The minimum atomic E-state index is -0.994. The second-order valence-electron chi connectivity index (χ2n) is 7.77. The molecule has 0 heterocycles. The smallest absolute Gasteiger partial charge is 0.324 e. The number of rotatable bonds is 6. The van der Waals surface area contributed by atoms with Crippen molar-refractivity contribution in [3.05, 3.63) is 0 Å². The average Bonchev–Trinajstić information content (AvgIpc) is 2.47. The van der Waals surface area contributed by atoms with Crippen molar-refractivity contribution in [2.24, 2.45) is 23.2 Å². The van der Waals surface area contributed by atoms with E-state index in [1.165, 1.54) is 0 Å². The van der Waals surface area contributed by atoms with Crippen molar-refractivity contribution in [2.45, 2.75) is 56.8 Å². The molecular formula is C15H23O6S-. The van der Waals surface area contributed by atoms with Crippen molar-refractivity contribution in [2.75, 3.05) is 6.61 Å². The first-order chi connectivity index (χ1) is 10.4. The molecule has 1 N–H and O–H groups in total. The number of hydrogen-bond donors (Lipinski definition) is 1. The van der Waals surface area contributed by atoms with Crippen LogP contribution in [0.2, 0.25) is 0 Å². The Labute approximate surface area is 134 Å². The normalized spacial score (nSPS) is 40.0. The van der Waals surface area contributed by atoms with Crippen LogP contribution < -0.4 is 5.26 Å². The largest absolute Gasteiger partial charge is 0.691 e. The van der Waals surface area contributed by atoms with Gasteiger partial charge in [-0.1, -0.05) is 0 Å². The topological polar surface area (TPSA) is 88.0 Å². The second-order valence-corrected chi connectivity index (χ2v) is 9.09. The molecule has 2 atom stereocenters. The van der Waals surface area contributed by atoms with Crippen molar-refractivity contribution < 1.29 is 29.3 Å². The molecule has 0 radical (unpaired) electrons. The molecule has 4 fully saturated rings. The number of carbonyl (C=O) groups is 1. The monoisotopic (exact) mass is 331 g/mol. The van der Waals surface area contributed by atoms with E-state index in [4.69, 9.17) is 4.74 Å². The Bertz CT molecular complexity index is 424. The summed E-state index contributed by atoms with van der Waals surface area (Å²) < 4.78 is 8.81. The maximum Gasteiger partial charge on any atom is 0.324 e. The number of carbonyl (C=O) groups excluding carboxylic acids is 1. The molecule has 0 saturated heterocycles. The summed E-state index contributed by atoms with van der Waals surface area (Å²) in [6, 6.07) is 0. The summed E-state index contributed by atoms with van der Waals surface area (Å²) in [6.07, 6.45) is 5.04. The molecule has 0 aromatic carbocycles. The van der Waals surface area contributed by atoms with Crippen molar-refractivity contribution in [1.29, 1.82) is 0 Å². The predicted octanol–water partition coefficient (Wildman–Crippen LogP) is 1.37. The maximum absolute atomic E-state index is 12.2. The molecule has 4 aliphatic carbocycles. The lowest BCUT2D eigenvalue weighted by atomic mass is 9.49. The third-order valence-corrected chi connectivity index (χ3v) is 6.33. The molecule has 0 aromatic heterocycles. The van der Waals surface area contributed by atoms with Gasteiger partial charge in [0.1, 0.15) is 4.75 Å². The Morgan fingerprint density at radius 3 is 2.55 bits per heavy atom. The van der Waals surface area contributed by atoms with Gasteiger partial charge in [-0.2, -0.15) is 4.33 Å². The Kier molecular flexibility index (Phi) is 4.46. The van der Waals surface area contributed by atoms with E-state index in [0.29, 0.717) is 36.4 Å². The Hall–Kier alpha value is -0.340. The summed E-state index contributed by atoms with van der Waals surface area (Å²) in [5, 5.41) is 23.5. The van der Waals surface area contributed by atoms with Crippen LogP contribution in [0.1, 0.15) is 46.0 Å². The van der Waals surface area contributed by atoms with E-state index in [9.17, 15) is 15.2 Å². The van der Waals surface area contributed by atoms with Crippen LogP contribution in [0.5, 0.6) is 0 Å². The van der Waals surface area contributed by atoms with Crippen LogP contribution >= 0.6 is 12.0 Å². The van der Waals surface area contributed by atoms with Crippen LogP contribution in [0.3, 0.4) is 0 Å². The lowest BCUT2D eigenvalue weighted by Gasteiger charge is -2.58. The van der Waals surface area contributed by atoms with Gasteiger partial charge in [0, 0.05) is 17.5 Å². The molecule has 4 bridgehead atoms. The Morgan fingerprint density at radius 2 is 1.95 bits per heavy atom. The summed E-state index contributed by atoms with van der Waals surface area (Å²) in [7, 11) is 0. The van der Waals surface area contributed by atoms with Crippen molar-refractivity contribution in [3.8, 4) is 0 Å². The van der Waals surface area contributed by atoms with Crippen LogP contribution in [-0.4, -0.2) is 28.5 Å². The summed E-state index contributed by atoms with van der Waals surface area (Å²) in [6.45, 7) is 3.65. The van der Waals surface area contributed by atoms with E-state index in [1.54, 1.807) is 13.8 Å². The molecule has 7 heteroatoms. The third kappa shape index (κ3) is 3.01. The molecule has 0 aromatic rings. The van der Waals surface area contributed by atoms with Gasteiger partial charge in [0.05, 0.1) is 12.7 Å². The standard InChI is InChI=1S/C15H24O6S/c1-14(2,22-21-20-18)13(17)19-8-15-5-9-3-10(6-15)12(16)11(4-9)7-15/h9-12,16,18H,3-8H2,1-2H3/p-1. The lowest BCUT2D eigenvalue weighted by molar-refractivity contribution is -0.777. The minimum Gasteiger partial charge on any atom is -0.691 e. The van der Waals surface area contributed by atoms with Crippen LogP contribution in [0.15, 0.2) is 0 Å². The van der Waals surface area contributed by atoms with E-state index < -0.39 is 10.7 Å². The van der Waals surface area contributed by atoms with Crippen LogP contribution in [0.25, 0.3) is 0 Å². The molecule has 0 aliphatic heterocycles. The fraction of sp³-hybridized carbons (Fsp3) is 0.933. The molecular weight excluding hydrogens is 308 g/mol. The fourth-order valence-corrected chi connectivity index (χ4v) is 5.19. The van der Waals surface area contributed by atoms with Crippen molar-refractivity contribution in [3.63, 3.8) is 0 Å². The fourth-order valence-electron chi connectivity index (χ4n) is 4.87. The van der Waals surface area contributed by atoms with Crippen LogP contribution in [0.4, 0.5) is 0 Å². The first-order valence-electron chi connectivity index (χ1n) is 7.85. The predicted molar refractivity (Wildman–Crippen MR) is 76.8 cm³/mol. The summed E-state index contributed by atoms with van der Waals surface area (Å²) in [5.74, 6) is 0.985. The zero-order valence-electron chi connectivity index (χ0n) is 12.9. The third-order valence-electron chi connectivity index (χ3n) is 5.62. The highest BCUT2D eigenvalue weighted by Crippen LogP contribution is 2.60. The quantitative estimate of drug-likeness (QED) is 0.340. The second kappa shape index (κ2) is 5.94. The average molecular weight is 331 g/mol. The number of hydrogen-bond acceptors (Lipinski definition) is 7. The summed E-state index contributed by atoms with van der Waals surface area (Å²) in [5.41, 5.74) is 0.0298. The van der Waals surface area contributed by atoms with Gasteiger partial charge in [-0.25, -0.2) is 0 Å². The first kappa shape index (κ1) is 16.5. The molecule has 2 unspecified atom stereocenters. The molecule has 0 spiro atoms. The summed E-state index contributed by atoms with van der Waals surface area (Å²) >= 11 is 0.655. The van der Waals surface area contributed by atoms with E-state index in [2.05, 4.69) is 9.37 Å². The molecule has 4 rings (SSSR count). The van der Waals surface area contributed by atoms with Gasteiger partial charge in [0.15, 0.2) is 0 Å². The zero-order chi connectivity index (χ0) is 16.0. The summed E-state index contributed by atoms with van der Waals surface area (Å²) in [4.78, 5) is 12.2. The highest BCUT2D eigenvalue weighted by atomic mass is 32.2. The SMILES string of the molecule is CC(C)(SOO[O-])C(=O)OCC12CC3CC(C1)C(O)C(C3)C2. The van der Waals surface area contributed by atoms with Gasteiger partial charge in [-0.3, -0.25) is 9.83 Å². The number of ether oxygens (including phenoxy) is 1. The lowest BCUT2D eigenvalue weighted by Crippen LogP contribution is -2.55. The molecule has 4 aliphatic rings. The Balaban J connectivity index is 1.59. The van der Waals surface area contributed by atoms with Crippen molar-refractivity contribution in [1.82, 2.24) is 0 Å². The van der Waals surface area contributed by atoms with Gasteiger partial charge >= 0.3 is 5.97 Å². The van der Waals surface area contributed by atoms with Crippen LogP contribution in [0, 0.1) is 23.2 Å². The number of aliphatic hydroxyl groups excluding tert-OH is 1. The van der Waals surface area contributed by atoms with Gasteiger partial charge in [-0.05, 0) is 63.7 Å².